The molecule has 0 saturated heterocycles. The molecular weight excluding hydrogens is 512 g/mol. The summed E-state index contributed by atoms with van der Waals surface area (Å²) >= 11 is 0. The van der Waals surface area contributed by atoms with Gasteiger partial charge in [-0.25, -0.2) is 4.79 Å². The van der Waals surface area contributed by atoms with Gasteiger partial charge in [-0.2, -0.15) is 5.26 Å². The summed E-state index contributed by atoms with van der Waals surface area (Å²) in [5.41, 5.74) is 7.89. The first kappa shape index (κ1) is 28.2. The third-order valence-corrected chi connectivity index (χ3v) is 6.36. The number of allylic oxidation sites excluding steroid dienone is 1. The molecule has 1 heterocycles. The molecule has 4 rings (SSSR count). The smallest absolute Gasteiger partial charge is 0.349 e. The van der Waals surface area contributed by atoms with Crippen LogP contribution in [0.5, 0.6) is 34.5 Å². The van der Waals surface area contributed by atoms with E-state index in [2.05, 4.69) is 13.0 Å². The summed E-state index contributed by atoms with van der Waals surface area (Å²) in [7, 11) is 3.14. The molecule has 0 amide bonds. The largest absolute Gasteiger partial charge is 0.497 e. The van der Waals surface area contributed by atoms with E-state index in [1.54, 1.807) is 56.7 Å². The molecule has 1 aliphatic heterocycles. The number of carbonyl (C=O) groups excluding carboxylic acids is 1. The molecule has 1 unspecified atom stereocenters. The lowest BCUT2D eigenvalue weighted by atomic mass is 9.83. The Morgan fingerprint density at radius 2 is 1.68 bits per heavy atom. The highest BCUT2D eigenvalue weighted by Gasteiger charge is 2.31. The molecule has 2 N–H and O–H groups in total. The number of carbonyl (C=O) groups is 1. The highest BCUT2D eigenvalue weighted by Crippen LogP contribution is 2.45. The monoisotopic (exact) mass is 544 g/mol. The minimum atomic E-state index is -0.594. The summed E-state index contributed by atoms with van der Waals surface area (Å²) in [5, 5.41) is 9.91. The molecule has 0 saturated carbocycles. The second-order valence-corrected chi connectivity index (χ2v) is 9.03. The van der Waals surface area contributed by atoms with E-state index in [0.29, 0.717) is 40.9 Å². The van der Waals surface area contributed by atoms with Gasteiger partial charge in [-0.05, 0) is 54.4 Å². The number of rotatable bonds is 12. The van der Waals surface area contributed by atoms with Crippen molar-refractivity contribution in [3.8, 4) is 40.6 Å². The van der Waals surface area contributed by atoms with Gasteiger partial charge in [-0.1, -0.05) is 31.9 Å². The lowest BCUT2D eigenvalue weighted by molar-refractivity contribution is -0.136. The number of hydrogen-bond acceptors (Lipinski definition) is 9. The van der Waals surface area contributed by atoms with Crippen molar-refractivity contribution in [3.05, 3.63) is 83.2 Å². The van der Waals surface area contributed by atoms with Crippen molar-refractivity contribution in [1.82, 2.24) is 0 Å². The fourth-order valence-corrected chi connectivity index (χ4v) is 4.33. The van der Waals surface area contributed by atoms with Gasteiger partial charge in [0.2, 0.25) is 5.88 Å². The van der Waals surface area contributed by atoms with Crippen molar-refractivity contribution in [3.63, 3.8) is 0 Å². The standard InChI is InChI=1S/C31H32N2O7/c1-4-5-6-15-37-26-14-7-20(16-28(26)36-3)30-24-13-12-23(17-27(24)40-31(33)25(30)18-32)39-29(34)19-38-22-10-8-21(35-2)9-11-22/h7-14,16-17,30H,4-6,15,19,33H2,1-3H3. The Hall–Kier alpha value is -4.84. The van der Waals surface area contributed by atoms with E-state index in [4.69, 9.17) is 34.2 Å². The Morgan fingerprint density at radius 1 is 0.925 bits per heavy atom. The maximum absolute atomic E-state index is 12.4. The summed E-state index contributed by atoms with van der Waals surface area (Å²) in [5.74, 6) is 1.87. The van der Waals surface area contributed by atoms with Crippen molar-refractivity contribution in [2.24, 2.45) is 5.73 Å². The molecule has 40 heavy (non-hydrogen) atoms. The fourth-order valence-electron chi connectivity index (χ4n) is 4.33. The van der Waals surface area contributed by atoms with Gasteiger partial charge in [-0.15, -0.1) is 0 Å². The minimum absolute atomic E-state index is 0.0230. The number of nitrogens with two attached hydrogens (primary N) is 1. The average molecular weight is 545 g/mol. The van der Waals surface area contributed by atoms with Crippen LogP contribution in [-0.4, -0.2) is 33.4 Å². The number of fused-ring (bicyclic) bond motifs is 1. The number of nitriles is 1. The molecule has 0 radical (unpaired) electrons. The third kappa shape index (κ3) is 6.59. The fraction of sp³-hybridized carbons (Fsp3) is 0.290. The molecule has 0 spiro atoms. The first-order chi connectivity index (χ1) is 19.5. The predicted octanol–water partition coefficient (Wildman–Crippen LogP) is 5.48. The normalized spacial score (nSPS) is 13.9. The van der Waals surface area contributed by atoms with Gasteiger partial charge in [0.15, 0.2) is 18.1 Å². The zero-order valence-electron chi connectivity index (χ0n) is 22.8. The second-order valence-electron chi connectivity index (χ2n) is 9.03. The predicted molar refractivity (Wildman–Crippen MR) is 148 cm³/mol. The van der Waals surface area contributed by atoms with Crippen molar-refractivity contribution in [1.29, 1.82) is 5.26 Å². The third-order valence-electron chi connectivity index (χ3n) is 6.36. The Labute approximate surface area is 233 Å². The van der Waals surface area contributed by atoms with Crippen molar-refractivity contribution < 1.29 is 33.2 Å². The number of nitrogens with zero attached hydrogens (tertiary/aromatic N) is 1. The Bertz CT molecular complexity index is 1410. The van der Waals surface area contributed by atoms with Crippen LogP contribution in [0.3, 0.4) is 0 Å². The summed E-state index contributed by atoms with van der Waals surface area (Å²) in [6.07, 6.45) is 3.14. The summed E-state index contributed by atoms with van der Waals surface area (Å²) in [4.78, 5) is 12.4. The van der Waals surface area contributed by atoms with E-state index in [-0.39, 0.29) is 23.8 Å². The molecule has 3 aromatic rings. The molecule has 0 aliphatic carbocycles. The van der Waals surface area contributed by atoms with Gasteiger partial charge in [0, 0.05) is 11.6 Å². The zero-order valence-corrected chi connectivity index (χ0v) is 22.8. The van der Waals surface area contributed by atoms with E-state index in [9.17, 15) is 10.1 Å². The molecule has 1 aliphatic rings. The van der Waals surface area contributed by atoms with Gasteiger partial charge < -0.3 is 34.2 Å². The first-order valence-corrected chi connectivity index (χ1v) is 13.0. The van der Waals surface area contributed by atoms with Gasteiger partial charge in [-0.3, -0.25) is 0 Å². The minimum Gasteiger partial charge on any atom is -0.497 e. The molecule has 0 bridgehead atoms. The lowest BCUT2D eigenvalue weighted by Crippen LogP contribution is -2.22. The van der Waals surface area contributed by atoms with Crippen LogP contribution in [-0.2, 0) is 4.79 Å². The molecule has 208 valence electrons. The van der Waals surface area contributed by atoms with Crippen LogP contribution in [0.15, 0.2) is 72.1 Å². The summed E-state index contributed by atoms with van der Waals surface area (Å²) < 4.78 is 33.3. The average Bonchev–Trinajstić information content (AvgIpc) is 2.97. The van der Waals surface area contributed by atoms with Crippen LogP contribution in [0.1, 0.15) is 43.2 Å². The van der Waals surface area contributed by atoms with Crippen LogP contribution in [0.2, 0.25) is 0 Å². The Kier molecular flexibility index (Phi) is 9.36. The van der Waals surface area contributed by atoms with Gasteiger partial charge in [0.05, 0.1) is 26.7 Å². The van der Waals surface area contributed by atoms with E-state index < -0.39 is 11.9 Å². The van der Waals surface area contributed by atoms with Crippen LogP contribution in [0.4, 0.5) is 0 Å². The maximum Gasteiger partial charge on any atom is 0.349 e. The first-order valence-electron chi connectivity index (χ1n) is 13.0. The van der Waals surface area contributed by atoms with Crippen molar-refractivity contribution >= 4 is 5.97 Å². The number of esters is 1. The topological polar surface area (TPSA) is 122 Å². The van der Waals surface area contributed by atoms with E-state index in [1.807, 2.05) is 18.2 Å². The number of benzene rings is 3. The second kappa shape index (κ2) is 13.3. The van der Waals surface area contributed by atoms with Gasteiger partial charge in [0.25, 0.3) is 0 Å². The molecule has 3 aromatic carbocycles. The number of methoxy groups -OCH3 is 2. The highest BCUT2D eigenvalue weighted by molar-refractivity contribution is 5.74. The Morgan fingerprint density at radius 3 is 2.38 bits per heavy atom. The number of unbranched alkanes of at least 4 members (excludes halogenated alkanes) is 2. The van der Waals surface area contributed by atoms with Crippen LogP contribution in [0, 0.1) is 11.3 Å². The zero-order chi connectivity index (χ0) is 28.5. The van der Waals surface area contributed by atoms with E-state index in [1.165, 1.54) is 0 Å². The Balaban J connectivity index is 1.52. The van der Waals surface area contributed by atoms with Crippen LogP contribution < -0.4 is 34.2 Å². The SMILES string of the molecule is CCCCCOc1ccc(C2C(C#N)=C(N)Oc3cc(OC(=O)COc4ccc(OC)cc4)ccc32)cc1OC. The number of ether oxygens (including phenoxy) is 6. The summed E-state index contributed by atoms with van der Waals surface area (Å²) in [6.45, 7) is 2.44. The molecular formula is C31H32N2O7. The van der Waals surface area contributed by atoms with E-state index in [0.717, 1.165) is 24.8 Å². The highest BCUT2D eigenvalue weighted by atomic mass is 16.6. The molecule has 0 fully saturated rings. The molecule has 9 heteroatoms. The van der Waals surface area contributed by atoms with Gasteiger partial charge in [0.1, 0.15) is 34.6 Å². The van der Waals surface area contributed by atoms with E-state index >= 15 is 0 Å². The maximum atomic E-state index is 12.4. The summed E-state index contributed by atoms with van der Waals surface area (Å²) in [6, 6.07) is 19.5. The van der Waals surface area contributed by atoms with Crippen LogP contribution >= 0.6 is 0 Å². The molecule has 9 nitrogen and oxygen atoms in total. The number of hydrogen-bond donors (Lipinski definition) is 1. The molecule has 1 atom stereocenters. The van der Waals surface area contributed by atoms with Crippen molar-refractivity contribution in [2.45, 2.75) is 32.1 Å². The van der Waals surface area contributed by atoms with Crippen LogP contribution in [0.25, 0.3) is 0 Å². The lowest BCUT2D eigenvalue weighted by Gasteiger charge is -2.27. The van der Waals surface area contributed by atoms with Crippen molar-refractivity contribution in [2.75, 3.05) is 27.4 Å². The molecule has 0 aromatic heterocycles. The quantitative estimate of drug-likeness (QED) is 0.179. The van der Waals surface area contributed by atoms with Gasteiger partial charge >= 0.3 is 5.97 Å².